The molecule has 2 rings (SSSR count). The third-order valence-corrected chi connectivity index (χ3v) is 4.93. The SMILES string of the molecule is CCOC(=O)CCC(=O)C(NC(=O)c1ccc(NC)nc1)c1ccc(Cl)s1. The molecule has 2 aromatic heterocycles. The fourth-order valence-electron chi connectivity index (χ4n) is 2.29. The summed E-state index contributed by atoms with van der Waals surface area (Å²) >= 11 is 7.17. The number of halogens is 1. The van der Waals surface area contributed by atoms with Crippen molar-refractivity contribution in [1.82, 2.24) is 10.3 Å². The number of amides is 1. The minimum Gasteiger partial charge on any atom is -0.466 e. The first-order valence-corrected chi connectivity index (χ1v) is 9.52. The van der Waals surface area contributed by atoms with Crippen LogP contribution in [0.15, 0.2) is 30.5 Å². The summed E-state index contributed by atoms with van der Waals surface area (Å²) < 4.78 is 5.35. The molecule has 27 heavy (non-hydrogen) atoms. The molecule has 0 bridgehead atoms. The molecule has 0 spiro atoms. The molecule has 2 heterocycles. The predicted molar refractivity (Wildman–Crippen MR) is 104 cm³/mol. The summed E-state index contributed by atoms with van der Waals surface area (Å²) in [7, 11) is 1.72. The standard InChI is InChI=1S/C18H20ClN3O4S/c1-3-26-16(24)9-5-12(23)17(13-6-7-14(19)27-13)22-18(25)11-4-8-15(20-2)21-10-11/h4,6-8,10,17H,3,5,9H2,1-2H3,(H,20,21)(H,22,25). The van der Waals surface area contributed by atoms with Crippen molar-refractivity contribution in [3.05, 3.63) is 45.2 Å². The van der Waals surface area contributed by atoms with E-state index in [0.29, 0.717) is 20.6 Å². The van der Waals surface area contributed by atoms with Gasteiger partial charge < -0.3 is 15.4 Å². The van der Waals surface area contributed by atoms with Gasteiger partial charge in [0.25, 0.3) is 5.91 Å². The summed E-state index contributed by atoms with van der Waals surface area (Å²) in [4.78, 5) is 41.4. The Morgan fingerprint density at radius 2 is 2.00 bits per heavy atom. The normalized spacial score (nSPS) is 11.5. The average Bonchev–Trinajstić information content (AvgIpc) is 3.10. The number of thiophene rings is 1. The van der Waals surface area contributed by atoms with Crippen LogP contribution in [-0.4, -0.2) is 36.3 Å². The lowest BCUT2D eigenvalue weighted by Gasteiger charge is -2.16. The number of esters is 1. The molecule has 1 atom stereocenters. The number of carbonyl (C=O) groups is 3. The Balaban J connectivity index is 2.13. The average molecular weight is 410 g/mol. The number of hydrogen-bond acceptors (Lipinski definition) is 7. The van der Waals surface area contributed by atoms with Crippen molar-refractivity contribution in [2.24, 2.45) is 0 Å². The van der Waals surface area contributed by atoms with Crippen molar-refractivity contribution >= 4 is 46.4 Å². The fraction of sp³-hybridized carbons (Fsp3) is 0.333. The zero-order valence-electron chi connectivity index (χ0n) is 15.0. The molecule has 0 fully saturated rings. The molecule has 0 aromatic carbocycles. The predicted octanol–water partition coefficient (Wildman–Crippen LogP) is 3.22. The molecule has 7 nitrogen and oxygen atoms in total. The van der Waals surface area contributed by atoms with Crippen LogP contribution in [-0.2, 0) is 14.3 Å². The topological polar surface area (TPSA) is 97.4 Å². The lowest BCUT2D eigenvalue weighted by Crippen LogP contribution is -2.33. The van der Waals surface area contributed by atoms with Crippen LogP contribution in [0.1, 0.15) is 41.0 Å². The number of carbonyl (C=O) groups excluding carboxylic acids is 3. The molecule has 2 aromatic rings. The number of ketones is 1. The first-order chi connectivity index (χ1) is 12.9. The van der Waals surface area contributed by atoms with Gasteiger partial charge in [-0.2, -0.15) is 0 Å². The summed E-state index contributed by atoms with van der Waals surface area (Å²) in [6.07, 6.45) is 1.33. The van der Waals surface area contributed by atoms with Gasteiger partial charge in [-0.05, 0) is 31.2 Å². The second-order valence-corrected chi connectivity index (χ2v) is 7.25. The van der Waals surface area contributed by atoms with Crippen molar-refractivity contribution in [2.45, 2.75) is 25.8 Å². The van der Waals surface area contributed by atoms with E-state index in [1.54, 1.807) is 38.2 Å². The molecule has 1 amide bonds. The maximum absolute atomic E-state index is 12.6. The van der Waals surface area contributed by atoms with E-state index in [2.05, 4.69) is 15.6 Å². The van der Waals surface area contributed by atoms with Gasteiger partial charge in [-0.1, -0.05) is 11.6 Å². The number of Topliss-reactive ketones (excluding diaryl/α,β-unsaturated/α-hetero) is 1. The molecule has 9 heteroatoms. The lowest BCUT2D eigenvalue weighted by atomic mass is 10.1. The molecule has 0 saturated carbocycles. The highest BCUT2D eigenvalue weighted by Crippen LogP contribution is 2.28. The van der Waals surface area contributed by atoms with Crippen LogP contribution >= 0.6 is 22.9 Å². The summed E-state index contributed by atoms with van der Waals surface area (Å²) in [5, 5.41) is 5.57. The minimum absolute atomic E-state index is 0.0451. The van der Waals surface area contributed by atoms with Crippen LogP contribution in [0, 0.1) is 0 Å². The molecule has 0 aliphatic carbocycles. The van der Waals surface area contributed by atoms with Crippen molar-refractivity contribution < 1.29 is 19.1 Å². The van der Waals surface area contributed by atoms with E-state index in [4.69, 9.17) is 16.3 Å². The van der Waals surface area contributed by atoms with E-state index in [9.17, 15) is 14.4 Å². The van der Waals surface area contributed by atoms with Crippen LogP contribution in [0.5, 0.6) is 0 Å². The van der Waals surface area contributed by atoms with E-state index >= 15 is 0 Å². The van der Waals surface area contributed by atoms with Crippen LogP contribution in [0.3, 0.4) is 0 Å². The van der Waals surface area contributed by atoms with E-state index in [0.717, 1.165) is 0 Å². The summed E-state index contributed by atoms with van der Waals surface area (Å²) in [5.41, 5.74) is 0.319. The van der Waals surface area contributed by atoms with Crippen molar-refractivity contribution in [3.8, 4) is 0 Å². The summed E-state index contributed by atoms with van der Waals surface area (Å²) in [5.74, 6) is -0.565. The fourth-order valence-corrected chi connectivity index (χ4v) is 3.42. The highest BCUT2D eigenvalue weighted by atomic mass is 35.5. The lowest BCUT2D eigenvalue weighted by molar-refractivity contribution is -0.144. The van der Waals surface area contributed by atoms with Gasteiger partial charge >= 0.3 is 5.97 Å². The van der Waals surface area contributed by atoms with Crippen LogP contribution in [0.25, 0.3) is 0 Å². The summed E-state index contributed by atoms with van der Waals surface area (Å²) in [6.45, 7) is 1.95. The molecule has 144 valence electrons. The van der Waals surface area contributed by atoms with Gasteiger partial charge in [0.05, 0.1) is 22.9 Å². The highest BCUT2D eigenvalue weighted by molar-refractivity contribution is 7.16. The van der Waals surface area contributed by atoms with Crippen LogP contribution < -0.4 is 10.6 Å². The molecule has 1 unspecified atom stereocenters. The number of aromatic nitrogens is 1. The van der Waals surface area contributed by atoms with Gasteiger partial charge in [0.15, 0.2) is 5.78 Å². The molecule has 0 radical (unpaired) electrons. The minimum atomic E-state index is -0.895. The van der Waals surface area contributed by atoms with E-state index in [1.807, 2.05) is 0 Å². The van der Waals surface area contributed by atoms with E-state index < -0.39 is 17.9 Å². The second kappa shape index (κ2) is 10.0. The zero-order valence-corrected chi connectivity index (χ0v) is 16.5. The van der Waals surface area contributed by atoms with Gasteiger partial charge in [0.1, 0.15) is 11.9 Å². The molecular formula is C18H20ClN3O4S. The number of hydrogen-bond donors (Lipinski definition) is 2. The Bertz CT molecular complexity index is 807. The van der Waals surface area contributed by atoms with Gasteiger partial charge in [-0.25, -0.2) is 4.98 Å². The maximum atomic E-state index is 12.6. The number of pyridine rings is 1. The number of ether oxygens (including phenoxy) is 1. The Hall–Kier alpha value is -2.45. The van der Waals surface area contributed by atoms with Crippen LogP contribution in [0.4, 0.5) is 5.82 Å². The van der Waals surface area contributed by atoms with E-state index in [-0.39, 0.29) is 25.2 Å². The van der Waals surface area contributed by atoms with Gasteiger partial charge in [-0.15, -0.1) is 11.3 Å². The number of nitrogens with one attached hydrogen (secondary N) is 2. The Labute approximate surface area is 166 Å². The van der Waals surface area contributed by atoms with Crippen molar-refractivity contribution in [2.75, 3.05) is 19.0 Å². The molecular weight excluding hydrogens is 390 g/mol. The highest BCUT2D eigenvalue weighted by Gasteiger charge is 2.25. The first-order valence-electron chi connectivity index (χ1n) is 8.32. The first kappa shape index (κ1) is 20.9. The molecule has 0 aliphatic heterocycles. The number of anilines is 1. The quantitative estimate of drug-likeness (QED) is 0.617. The largest absolute Gasteiger partial charge is 0.466 e. The van der Waals surface area contributed by atoms with Crippen molar-refractivity contribution in [3.63, 3.8) is 0 Å². The monoisotopic (exact) mass is 409 g/mol. The number of nitrogens with zero attached hydrogens (tertiary/aromatic N) is 1. The zero-order chi connectivity index (χ0) is 19.8. The van der Waals surface area contributed by atoms with Gasteiger partial charge in [0.2, 0.25) is 0 Å². The Morgan fingerprint density at radius 3 is 2.56 bits per heavy atom. The molecule has 0 saturated heterocycles. The van der Waals surface area contributed by atoms with Gasteiger partial charge in [-0.3, -0.25) is 14.4 Å². The Morgan fingerprint density at radius 1 is 1.22 bits per heavy atom. The Kier molecular flexibility index (Phi) is 7.75. The van der Waals surface area contributed by atoms with Crippen molar-refractivity contribution in [1.29, 1.82) is 0 Å². The van der Waals surface area contributed by atoms with Crippen LogP contribution in [0.2, 0.25) is 4.34 Å². The second-order valence-electron chi connectivity index (χ2n) is 5.50. The molecule has 2 N–H and O–H groups in total. The van der Waals surface area contributed by atoms with Gasteiger partial charge in [0, 0.05) is 24.5 Å². The maximum Gasteiger partial charge on any atom is 0.306 e. The third-order valence-electron chi connectivity index (χ3n) is 3.64. The number of rotatable bonds is 9. The molecule has 0 aliphatic rings. The third kappa shape index (κ3) is 6.04. The summed E-state index contributed by atoms with van der Waals surface area (Å²) in [6, 6.07) is 5.71. The van der Waals surface area contributed by atoms with E-state index in [1.165, 1.54) is 17.5 Å². The smallest absolute Gasteiger partial charge is 0.306 e.